The second-order valence-corrected chi connectivity index (χ2v) is 7.94. The first-order chi connectivity index (χ1) is 13.4. The minimum atomic E-state index is -0.512. The molecule has 3 rings (SSSR count). The molecule has 1 amide bonds. The molecule has 2 aliphatic rings. The molecule has 0 bridgehead atoms. The molecule has 0 radical (unpaired) electrons. The molecule has 1 unspecified atom stereocenters. The van der Waals surface area contributed by atoms with E-state index >= 15 is 0 Å². The molecule has 1 saturated carbocycles. The van der Waals surface area contributed by atoms with E-state index < -0.39 is 5.41 Å². The molecule has 2 atom stereocenters. The van der Waals surface area contributed by atoms with Crippen LogP contribution in [-0.2, 0) is 4.74 Å². The Hall–Kier alpha value is -2.44. The van der Waals surface area contributed by atoms with Crippen molar-refractivity contribution in [2.24, 2.45) is 10.6 Å². The molecule has 7 nitrogen and oxygen atoms in total. The van der Waals surface area contributed by atoms with Crippen LogP contribution in [0.2, 0.25) is 0 Å². The van der Waals surface area contributed by atoms with Gasteiger partial charge in [-0.25, -0.2) is 4.79 Å². The van der Waals surface area contributed by atoms with Crippen LogP contribution in [0.25, 0.3) is 0 Å². The monoisotopic (exact) mass is 390 g/mol. The maximum atomic E-state index is 12.1. The van der Waals surface area contributed by atoms with Crippen molar-refractivity contribution in [2.45, 2.75) is 51.6 Å². The van der Waals surface area contributed by atoms with E-state index in [-0.39, 0.29) is 18.1 Å². The average molecular weight is 390 g/mol. The molecule has 7 heteroatoms. The highest BCUT2D eigenvalue weighted by Gasteiger charge is 2.48. The summed E-state index contributed by atoms with van der Waals surface area (Å²) in [6.45, 7) is 4.70. The van der Waals surface area contributed by atoms with Gasteiger partial charge in [0.15, 0.2) is 11.5 Å². The highest BCUT2D eigenvalue weighted by atomic mass is 16.5. The Bertz CT molecular complexity index is 744. The first-order valence-electron chi connectivity index (χ1n) is 9.79. The first-order valence-corrected chi connectivity index (χ1v) is 9.79. The normalized spacial score (nSPS) is 25.8. The second-order valence-electron chi connectivity index (χ2n) is 7.94. The number of carbonyl (C=O) groups excluding carboxylic acids is 1. The molecular weight excluding hydrogens is 360 g/mol. The summed E-state index contributed by atoms with van der Waals surface area (Å²) in [5.41, 5.74) is 1.09. The number of methoxy groups -OCH3 is 2. The Kier molecular flexibility index (Phi) is 6.01. The van der Waals surface area contributed by atoms with Gasteiger partial charge in [0.2, 0.25) is 0 Å². The smallest absolute Gasteiger partial charge is 0.409 e. The third kappa shape index (κ3) is 3.75. The van der Waals surface area contributed by atoms with Crippen LogP contribution in [0.4, 0.5) is 4.79 Å². The van der Waals surface area contributed by atoms with E-state index in [9.17, 15) is 10.0 Å². The summed E-state index contributed by atoms with van der Waals surface area (Å²) in [7, 11) is 3.01. The predicted molar refractivity (Wildman–Crippen MR) is 106 cm³/mol. The van der Waals surface area contributed by atoms with Crippen LogP contribution in [0.15, 0.2) is 23.4 Å². The molecule has 1 aromatic rings. The van der Waals surface area contributed by atoms with Crippen molar-refractivity contribution in [1.29, 1.82) is 0 Å². The van der Waals surface area contributed by atoms with Gasteiger partial charge in [0.05, 0.1) is 26.0 Å². The average Bonchev–Trinajstić information content (AvgIpc) is 3.35. The standard InChI is InChI=1S/C21H30N2O5/c1-14(22-25)21(2)13-23(20(24)27-4)12-17(21)15-9-10-18(26-3)19(11-15)28-16-7-5-6-8-16/h9-11,16-17,25H,5-8,12-13H2,1-4H3/b22-14-/t17?,21-/m0/s1. The summed E-state index contributed by atoms with van der Waals surface area (Å²) >= 11 is 0. The molecule has 1 aliphatic carbocycles. The number of carbonyl (C=O) groups is 1. The van der Waals surface area contributed by atoms with Gasteiger partial charge >= 0.3 is 6.09 Å². The van der Waals surface area contributed by atoms with Gasteiger partial charge in [-0.05, 0) is 50.3 Å². The van der Waals surface area contributed by atoms with Crippen molar-refractivity contribution >= 4 is 11.8 Å². The summed E-state index contributed by atoms with van der Waals surface area (Å²) < 4.78 is 16.6. The van der Waals surface area contributed by atoms with Crippen LogP contribution in [0.5, 0.6) is 11.5 Å². The predicted octanol–water partition coefficient (Wildman–Crippen LogP) is 4.04. The minimum Gasteiger partial charge on any atom is -0.493 e. The summed E-state index contributed by atoms with van der Waals surface area (Å²) in [6, 6.07) is 5.91. The SMILES string of the molecule is COC(=O)N1CC(c2ccc(OC)c(OC3CCCC3)c2)[C@](C)(/C(C)=N\O)C1. The maximum Gasteiger partial charge on any atom is 0.409 e. The fourth-order valence-electron chi connectivity index (χ4n) is 4.40. The van der Waals surface area contributed by atoms with Gasteiger partial charge in [-0.1, -0.05) is 18.1 Å². The van der Waals surface area contributed by atoms with E-state index in [0.29, 0.717) is 24.6 Å². The highest BCUT2D eigenvalue weighted by molar-refractivity contribution is 5.89. The van der Waals surface area contributed by atoms with E-state index in [1.54, 1.807) is 18.9 Å². The number of likely N-dealkylation sites (tertiary alicyclic amines) is 1. The zero-order chi connectivity index (χ0) is 20.3. The number of rotatable bonds is 5. The number of amides is 1. The molecule has 1 aromatic carbocycles. The molecule has 1 N–H and O–H groups in total. The third-order valence-electron chi connectivity index (χ3n) is 6.29. The topological polar surface area (TPSA) is 80.6 Å². The molecule has 28 heavy (non-hydrogen) atoms. The minimum absolute atomic E-state index is 0.0562. The molecule has 1 saturated heterocycles. The van der Waals surface area contributed by atoms with Gasteiger partial charge in [0.1, 0.15) is 0 Å². The van der Waals surface area contributed by atoms with Gasteiger partial charge < -0.3 is 24.3 Å². The fraction of sp³-hybridized carbons (Fsp3) is 0.619. The first kappa shape index (κ1) is 20.3. The Labute approximate surface area is 166 Å². The van der Waals surface area contributed by atoms with Crippen molar-refractivity contribution in [3.05, 3.63) is 23.8 Å². The molecule has 1 aliphatic heterocycles. The van der Waals surface area contributed by atoms with Crippen LogP contribution in [0.1, 0.15) is 51.0 Å². The number of ether oxygens (including phenoxy) is 3. The quantitative estimate of drug-likeness (QED) is 0.466. The zero-order valence-electron chi connectivity index (χ0n) is 17.1. The Balaban J connectivity index is 1.95. The van der Waals surface area contributed by atoms with Gasteiger partial charge in [-0.3, -0.25) is 0 Å². The fourth-order valence-corrected chi connectivity index (χ4v) is 4.40. The lowest BCUT2D eigenvalue weighted by Crippen LogP contribution is -2.35. The molecule has 0 spiro atoms. The summed E-state index contributed by atoms with van der Waals surface area (Å²) in [6.07, 6.45) is 4.32. The number of hydrogen-bond donors (Lipinski definition) is 1. The third-order valence-corrected chi connectivity index (χ3v) is 6.29. The lowest BCUT2D eigenvalue weighted by Gasteiger charge is -2.30. The number of nitrogens with zero attached hydrogens (tertiary/aromatic N) is 2. The largest absolute Gasteiger partial charge is 0.493 e. The van der Waals surface area contributed by atoms with Crippen molar-refractivity contribution in [3.8, 4) is 11.5 Å². The lowest BCUT2D eigenvalue weighted by molar-refractivity contribution is 0.130. The Morgan fingerprint density at radius 2 is 1.96 bits per heavy atom. The summed E-state index contributed by atoms with van der Waals surface area (Å²) in [5, 5.41) is 12.9. The van der Waals surface area contributed by atoms with E-state index in [1.165, 1.54) is 20.0 Å². The van der Waals surface area contributed by atoms with E-state index in [1.807, 2.05) is 25.1 Å². The van der Waals surface area contributed by atoms with Crippen LogP contribution in [0, 0.1) is 5.41 Å². The number of hydrogen-bond acceptors (Lipinski definition) is 6. The van der Waals surface area contributed by atoms with Gasteiger partial charge in [0, 0.05) is 24.4 Å². The Morgan fingerprint density at radius 1 is 1.25 bits per heavy atom. The maximum absolute atomic E-state index is 12.1. The summed E-state index contributed by atoms with van der Waals surface area (Å²) in [4.78, 5) is 13.8. The molecule has 154 valence electrons. The lowest BCUT2D eigenvalue weighted by atomic mass is 9.73. The highest BCUT2D eigenvalue weighted by Crippen LogP contribution is 2.46. The number of oxime groups is 1. The van der Waals surface area contributed by atoms with Crippen LogP contribution < -0.4 is 9.47 Å². The van der Waals surface area contributed by atoms with E-state index in [0.717, 1.165) is 24.2 Å². The van der Waals surface area contributed by atoms with Gasteiger partial charge in [0.25, 0.3) is 0 Å². The van der Waals surface area contributed by atoms with E-state index in [4.69, 9.17) is 14.2 Å². The van der Waals surface area contributed by atoms with Crippen molar-refractivity contribution in [2.75, 3.05) is 27.3 Å². The molecule has 2 fully saturated rings. The van der Waals surface area contributed by atoms with Crippen molar-refractivity contribution in [3.63, 3.8) is 0 Å². The summed E-state index contributed by atoms with van der Waals surface area (Å²) in [5.74, 6) is 1.37. The second kappa shape index (κ2) is 8.29. The van der Waals surface area contributed by atoms with Crippen molar-refractivity contribution < 1.29 is 24.2 Å². The molecular formula is C21H30N2O5. The van der Waals surface area contributed by atoms with Gasteiger partial charge in [-0.2, -0.15) is 0 Å². The Morgan fingerprint density at radius 3 is 2.57 bits per heavy atom. The molecule has 1 heterocycles. The zero-order valence-corrected chi connectivity index (χ0v) is 17.1. The van der Waals surface area contributed by atoms with Crippen LogP contribution in [0.3, 0.4) is 0 Å². The number of benzene rings is 1. The van der Waals surface area contributed by atoms with Gasteiger partial charge in [-0.15, -0.1) is 0 Å². The van der Waals surface area contributed by atoms with Crippen LogP contribution >= 0.6 is 0 Å². The van der Waals surface area contributed by atoms with Crippen LogP contribution in [-0.4, -0.2) is 55.3 Å². The van der Waals surface area contributed by atoms with Crippen molar-refractivity contribution in [1.82, 2.24) is 4.90 Å². The molecule has 0 aromatic heterocycles. The van der Waals surface area contributed by atoms with E-state index in [2.05, 4.69) is 5.16 Å².